The van der Waals surface area contributed by atoms with Crippen molar-refractivity contribution in [2.24, 2.45) is 0 Å². The van der Waals surface area contributed by atoms with Crippen LogP contribution in [0, 0.1) is 0 Å². The van der Waals surface area contributed by atoms with Crippen LogP contribution in [0.2, 0.25) is 0 Å². The third-order valence-electron chi connectivity index (χ3n) is 3.48. The van der Waals surface area contributed by atoms with Gasteiger partial charge < -0.3 is 19.5 Å². The van der Waals surface area contributed by atoms with Crippen molar-refractivity contribution in [2.45, 2.75) is 38.5 Å². The summed E-state index contributed by atoms with van der Waals surface area (Å²) in [6.07, 6.45) is 0.128. The molecule has 0 aromatic heterocycles. The summed E-state index contributed by atoms with van der Waals surface area (Å²) in [4.78, 5) is 23.7. The molecule has 6 heteroatoms. The lowest BCUT2D eigenvalue weighted by molar-refractivity contribution is -0.163. The van der Waals surface area contributed by atoms with Gasteiger partial charge in [0.05, 0.1) is 7.11 Å². The summed E-state index contributed by atoms with van der Waals surface area (Å²) in [5.74, 6) is -0.0410. The summed E-state index contributed by atoms with van der Waals surface area (Å²) >= 11 is 0. The lowest BCUT2D eigenvalue weighted by Crippen LogP contribution is -2.37. The van der Waals surface area contributed by atoms with Crippen LogP contribution in [0.5, 0.6) is 5.75 Å². The molecule has 1 aliphatic rings. The highest BCUT2D eigenvalue weighted by molar-refractivity contribution is 5.84. The molecule has 1 aliphatic heterocycles. The van der Waals surface area contributed by atoms with Crippen molar-refractivity contribution < 1.29 is 23.8 Å². The first-order valence-corrected chi connectivity index (χ1v) is 7.33. The second-order valence-electron chi connectivity index (χ2n) is 5.15. The summed E-state index contributed by atoms with van der Waals surface area (Å²) < 4.78 is 15.4. The van der Waals surface area contributed by atoms with E-state index >= 15 is 0 Å². The van der Waals surface area contributed by atoms with E-state index in [1.165, 1.54) is 0 Å². The van der Waals surface area contributed by atoms with Crippen LogP contribution in [-0.2, 0) is 25.6 Å². The first-order valence-electron chi connectivity index (χ1n) is 7.33. The van der Waals surface area contributed by atoms with Crippen LogP contribution in [0.4, 0.5) is 0 Å². The predicted molar refractivity (Wildman–Crippen MR) is 79.4 cm³/mol. The van der Waals surface area contributed by atoms with Gasteiger partial charge >= 0.3 is 5.97 Å². The Balaban J connectivity index is 1.76. The molecule has 0 aliphatic carbocycles. The van der Waals surface area contributed by atoms with Gasteiger partial charge in [0.15, 0.2) is 12.2 Å². The summed E-state index contributed by atoms with van der Waals surface area (Å²) in [6.45, 7) is 2.48. The lowest BCUT2D eigenvalue weighted by atomic mass is 10.2. The monoisotopic (exact) mass is 307 g/mol. The molecule has 0 unspecified atom stereocenters. The highest BCUT2D eigenvalue weighted by Gasteiger charge is 2.28. The van der Waals surface area contributed by atoms with Crippen LogP contribution < -0.4 is 10.1 Å². The van der Waals surface area contributed by atoms with Crippen molar-refractivity contribution in [3.05, 3.63) is 29.8 Å². The van der Waals surface area contributed by atoms with Crippen LogP contribution in [0.15, 0.2) is 24.3 Å². The summed E-state index contributed by atoms with van der Waals surface area (Å²) in [6, 6.07) is 7.37. The first-order chi connectivity index (χ1) is 10.6. The van der Waals surface area contributed by atoms with E-state index in [4.69, 9.17) is 14.2 Å². The molecule has 6 nitrogen and oxygen atoms in total. The van der Waals surface area contributed by atoms with Gasteiger partial charge in [0.1, 0.15) is 5.75 Å². The molecule has 1 aromatic rings. The van der Waals surface area contributed by atoms with Gasteiger partial charge in [-0.25, -0.2) is 4.79 Å². The van der Waals surface area contributed by atoms with Crippen molar-refractivity contribution >= 4 is 11.9 Å². The van der Waals surface area contributed by atoms with Gasteiger partial charge in [0, 0.05) is 13.2 Å². The van der Waals surface area contributed by atoms with E-state index in [9.17, 15) is 9.59 Å². The Hall–Kier alpha value is -2.08. The lowest BCUT2D eigenvalue weighted by Gasteiger charge is -2.16. The van der Waals surface area contributed by atoms with Crippen molar-refractivity contribution in [3.8, 4) is 5.75 Å². The maximum absolute atomic E-state index is 11.9. The van der Waals surface area contributed by atoms with Gasteiger partial charge in [0.25, 0.3) is 5.91 Å². The number of nitrogens with one attached hydrogen (secondary N) is 1. The Morgan fingerprint density at radius 2 is 2.09 bits per heavy atom. The number of methoxy groups -OCH3 is 1. The van der Waals surface area contributed by atoms with E-state index in [-0.39, 0.29) is 5.91 Å². The quantitative estimate of drug-likeness (QED) is 0.805. The topological polar surface area (TPSA) is 73.9 Å². The third-order valence-corrected chi connectivity index (χ3v) is 3.48. The molecule has 22 heavy (non-hydrogen) atoms. The molecule has 0 spiro atoms. The molecule has 1 amide bonds. The van der Waals surface area contributed by atoms with Gasteiger partial charge in [0.2, 0.25) is 0 Å². The SMILES string of the molecule is COc1ccc(CNC(=O)[C@@H](C)OC(=O)[C@H]2CCCO2)cc1. The Bertz CT molecular complexity index is 508. The molecule has 120 valence electrons. The first kappa shape index (κ1) is 16.3. The van der Waals surface area contributed by atoms with E-state index in [1.54, 1.807) is 14.0 Å². The standard InChI is InChI=1S/C16H21NO5/c1-11(22-16(19)14-4-3-9-21-14)15(18)17-10-12-5-7-13(20-2)8-6-12/h5-8,11,14H,3-4,9-10H2,1-2H3,(H,17,18)/t11-,14-/m1/s1. The normalized spacial score (nSPS) is 18.5. The second-order valence-corrected chi connectivity index (χ2v) is 5.15. The molecule has 1 aromatic carbocycles. The minimum Gasteiger partial charge on any atom is -0.497 e. The zero-order valence-electron chi connectivity index (χ0n) is 12.8. The Morgan fingerprint density at radius 1 is 1.36 bits per heavy atom. The van der Waals surface area contributed by atoms with Crippen molar-refractivity contribution in [2.75, 3.05) is 13.7 Å². The van der Waals surface area contributed by atoms with Crippen LogP contribution in [0.25, 0.3) is 0 Å². The minimum atomic E-state index is -0.838. The number of esters is 1. The maximum Gasteiger partial charge on any atom is 0.336 e. The molecule has 2 rings (SSSR count). The number of carbonyl (C=O) groups is 2. The number of amides is 1. The highest BCUT2D eigenvalue weighted by atomic mass is 16.6. The molecule has 0 radical (unpaired) electrons. The van der Waals surface area contributed by atoms with Gasteiger partial charge in [-0.3, -0.25) is 4.79 Å². The van der Waals surface area contributed by atoms with Gasteiger partial charge in [-0.2, -0.15) is 0 Å². The summed E-state index contributed by atoms with van der Waals surface area (Å²) in [7, 11) is 1.60. The molecular weight excluding hydrogens is 286 g/mol. The second kappa shape index (κ2) is 7.79. The van der Waals surface area contributed by atoms with E-state index in [0.29, 0.717) is 19.6 Å². The molecular formula is C16H21NO5. The molecule has 0 bridgehead atoms. The zero-order chi connectivity index (χ0) is 15.9. The van der Waals surface area contributed by atoms with Gasteiger partial charge in [-0.15, -0.1) is 0 Å². The largest absolute Gasteiger partial charge is 0.497 e. The highest BCUT2D eigenvalue weighted by Crippen LogP contribution is 2.14. The number of rotatable bonds is 6. The Labute approximate surface area is 129 Å². The van der Waals surface area contributed by atoms with Crippen molar-refractivity contribution in [1.82, 2.24) is 5.32 Å². The van der Waals surface area contributed by atoms with E-state index in [0.717, 1.165) is 17.7 Å². The van der Waals surface area contributed by atoms with Crippen molar-refractivity contribution in [3.63, 3.8) is 0 Å². The molecule has 0 saturated carbocycles. The number of carbonyl (C=O) groups excluding carboxylic acids is 2. The van der Waals surface area contributed by atoms with Gasteiger partial charge in [-0.05, 0) is 37.5 Å². The van der Waals surface area contributed by atoms with Crippen LogP contribution in [0.3, 0.4) is 0 Å². The molecule has 2 atom stereocenters. The van der Waals surface area contributed by atoms with E-state index in [1.807, 2.05) is 24.3 Å². The fraction of sp³-hybridized carbons (Fsp3) is 0.500. The number of hydrogen-bond acceptors (Lipinski definition) is 5. The van der Waals surface area contributed by atoms with Crippen LogP contribution >= 0.6 is 0 Å². The fourth-order valence-corrected chi connectivity index (χ4v) is 2.14. The molecule has 1 N–H and O–H groups in total. The number of ether oxygens (including phenoxy) is 3. The Morgan fingerprint density at radius 3 is 2.68 bits per heavy atom. The van der Waals surface area contributed by atoms with Gasteiger partial charge in [-0.1, -0.05) is 12.1 Å². The Kier molecular flexibility index (Phi) is 5.77. The predicted octanol–water partition coefficient (Wildman–Crippen LogP) is 1.42. The average Bonchev–Trinajstić information content (AvgIpc) is 3.07. The zero-order valence-corrected chi connectivity index (χ0v) is 12.8. The molecule has 1 saturated heterocycles. The van der Waals surface area contributed by atoms with Crippen LogP contribution in [-0.4, -0.2) is 37.8 Å². The number of benzene rings is 1. The van der Waals surface area contributed by atoms with Crippen LogP contribution in [0.1, 0.15) is 25.3 Å². The molecule has 1 heterocycles. The average molecular weight is 307 g/mol. The molecule has 1 fully saturated rings. The number of hydrogen-bond donors (Lipinski definition) is 1. The summed E-state index contributed by atoms with van der Waals surface area (Å²) in [5, 5.41) is 2.73. The van der Waals surface area contributed by atoms with E-state index in [2.05, 4.69) is 5.32 Å². The third kappa shape index (κ3) is 4.46. The maximum atomic E-state index is 11.9. The minimum absolute atomic E-state index is 0.331. The fourth-order valence-electron chi connectivity index (χ4n) is 2.14. The van der Waals surface area contributed by atoms with E-state index < -0.39 is 18.2 Å². The smallest absolute Gasteiger partial charge is 0.336 e. The summed E-state index contributed by atoms with van der Waals surface area (Å²) in [5.41, 5.74) is 0.937. The van der Waals surface area contributed by atoms with Crippen molar-refractivity contribution in [1.29, 1.82) is 0 Å².